The normalized spacial score (nSPS) is 15.3. The first-order valence-electron chi connectivity index (χ1n) is 6.67. The molecule has 1 aliphatic rings. The second kappa shape index (κ2) is 5.68. The molecule has 1 heterocycles. The number of nitrogens with one attached hydrogen (secondary N) is 1. The van der Waals surface area contributed by atoms with Crippen LogP contribution < -0.4 is 4.72 Å². The van der Waals surface area contributed by atoms with Gasteiger partial charge in [0.15, 0.2) is 0 Å². The maximum atomic E-state index is 11.9. The Morgan fingerprint density at radius 2 is 2.10 bits per heavy atom. The summed E-state index contributed by atoms with van der Waals surface area (Å²) in [4.78, 5) is 5.43. The first kappa shape index (κ1) is 15.0. The Balaban J connectivity index is 1.80. The van der Waals surface area contributed by atoms with Crippen LogP contribution in [0.15, 0.2) is 24.3 Å². The Labute approximate surface area is 133 Å². The number of benzene rings is 1. The maximum Gasteiger partial charge on any atom is 0.214 e. The van der Waals surface area contributed by atoms with Gasteiger partial charge in [0.1, 0.15) is 5.01 Å². The van der Waals surface area contributed by atoms with Crippen LogP contribution >= 0.6 is 22.9 Å². The summed E-state index contributed by atoms with van der Waals surface area (Å²) in [6.45, 7) is 2.18. The zero-order valence-electron chi connectivity index (χ0n) is 11.5. The van der Waals surface area contributed by atoms with Crippen LogP contribution in [-0.4, -0.2) is 18.7 Å². The zero-order valence-corrected chi connectivity index (χ0v) is 13.9. The molecule has 0 bridgehead atoms. The summed E-state index contributed by atoms with van der Waals surface area (Å²) in [5.41, 5.74) is 1.72. The summed E-state index contributed by atoms with van der Waals surface area (Å²) in [5, 5.41) is 1.27. The average molecular weight is 343 g/mol. The third kappa shape index (κ3) is 3.29. The van der Waals surface area contributed by atoms with Crippen LogP contribution in [0.5, 0.6) is 0 Å². The van der Waals surface area contributed by atoms with Crippen LogP contribution in [0.4, 0.5) is 0 Å². The van der Waals surface area contributed by atoms with E-state index in [9.17, 15) is 8.42 Å². The molecule has 1 fully saturated rings. The lowest BCUT2D eigenvalue weighted by Crippen LogP contribution is -2.26. The van der Waals surface area contributed by atoms with E-state index >= 15 is 0 Å². The summed E-state index contributed by atoms with van der Waals surface area (Å²) in [7, 11) is -3.16. The quantitative estimate of drug-likeness (QED) is 0.906. The number of thiazole rings is 1. The Morgan fingerprint density at radius 1 is 1.38 bits per heavy atom. The van der Waals surface area contributed by atoms with Gasteiger partial charge in [-0.05, 0) is 25.8 Å². The summed E-state index contributed by atoms with van der Waals surface area (Å²) < 4.78 is 26.4. The standard InChI is InChI=1S/C14H15ClN2O2S2/c1-9-13(8-16-21(18,19)10-6-7-10)20-14(17-9)11-4-2-3-5-12(11)15/h2-5,10,16H,6-8H2,1H3. The van der Waals surface area contributed by atoms with E-state index in [-0.39, 0.29) is 5.25 Å². The van der Waals surface area contributed by atoms with E-state index in [0.29, 0.717) is 11.6 Å². The molecule has 0 radical (unpaired) electrons. The second-order valence-corrected chi connectivity index (χ2v) is 8.61. The van der Waals surface area contributed by atoms with Crippen LogP contribution in [0.1, 0.15) is 23.4 Å². The lowest BCUT2D eigenvalue weighted by molar-refractivity contribution is 0.580. The van der Waals surface area contributed by atoms with Crippen LogP contribution in [0.25, 0.3) is 10.6 Å². The highest BCUT2D eigenvalue weighted by Crippen LogP contribution is 2.33. The van der Waals surface area contributed by atoms with E-state index in [1.165, 1.54) is 11.3 Å². The number of halogens is 1. The van der Waals surface area contributed by atoms with Crippen LogP contribution in [-0.2, 0) is 16.6 Å². The minimum absolute atomic E-state index is 0.200. The molecule has 1 saturated carbocycles. The van der Waals surface area contributed by atoms with Crippen molar-refractivity contribution in [1.29, 1.82) is 0 Å². The molecule has 112 valence electrons. The molecule has 7 heteroatoms. The lowest BCUT2D eigenvalue weighted by atomic mass is 10.2. The Kier molecular flexibility index (Phi) is 4.05. The fourth-order valence-corrected chi connectivity index (χ4v) is 4.76. The third-order valence-corrected chi connectivity index (χ3v) is 6.81. The van der Waals surface area contributed by atoms with E-state index in [2.05, 4.69) is 9.71 Å². The Morgan fingerprint density at radius 3 is 2.76 bits per heavy atom. The Hall–Kier alpha value is -0.950. The van der Waals surface area contributed by atoms with Crippen molar-refractivity contribution in [2.45, 2.75) is 31.6 Å². The molecule has 0 aliphatic heterocycles. The molecule has 1 N–H and O–H groups in total. The molecule has 1 aromatic heterocycles. The summed E-state index contributed by atoms with van der Waals surface area (Å²) in [5.74, 6) is 0. The topological polar surface area (TPSA) is 59.1 Å². The van der Waals surface area contributed by atoms with Gasteiger partial charge in [-0.1, -0.05) is 29.8 Å². The van der Waals surface area contributed by atoms with Gasteiger partial charge in [-0.3, -0.25) is 0 Å². The van der Waals surface area contributed by atoms with Gasteiger partial charge in [0.25, 0.3) is 0 Å². The van der Waals surface area contributed by atoms with Crippen molar-refractivity contribution in [3.05, 3.63) is 39.9 Å². The number of rotatable bonds is 5. The van der Waals surface area contributed by atoms with Crippen molar-refractivity contribution in [1.82, 2.24) is 9.71 Å². The average Bonchev–Trinajstić information content (AvgIpc) is 3.23. The fourth-order valence-electron chi connectivity index (χ4n) is 2.00. The van der Waals surface area contributed by atoms with Crippen molar-refractivity contribution in [2.24, 2.45) is 0 Å². The minimum Gasteiger partial charge on any atom is -0.241 e. The molecule has 0 saturated heterocycles. The molecule has 4 nitrogen and oxygen atoms in total. The highest BCUT2D eigenvalue weighted by atomic mass is 35.5. The summed E-state index contributed by atoms with van der Waals surface area (Å²) >= 11 is 7.65. The largest absolute Gasteiger partial charge is 0.241 e. The number of hydrogen-bond donors (Lipinski definition) is 1. The highest BCUT2D eigenvalue weighted by Gasteiger charge is 2.35. The molecule has 21 heavy (non-hydrogen) atoms. The van der Waals surface area contributed by atoms with Crippen molar-refractivity contribution in [2.75, 3.05) is 0 Å². The monoisotopic (exact) mass is 342 g/mol. The fraction of sp³-hybridized carbons (Fsp3) is 0.357. The van der Waals surface area contributed by atoms with Crippen LogP contribution in [0.3, 0.4) is 0 Å². The van der Waals surface area contributed by atoms with E-state index < -0.39 is 10.0 Å². The first-order valence-corrected chi connectivity index (χ1v) is 9.41. The predicted molar refractivity (Wildman–Crippen MR) is 86.1 cm³/mol. The number of aryl methyl sites for hydroxylation is 1. The maximum absolute atomic E-state index is 11.9. The third-order valence-electron chi connectivity index (χ3n) is 3.39. The van der Waals surface area contributed by atoms with Crippen molar-refractivity contribution in [3.8, 4) is 10.6 Å². The zero-order chi connectivity index (χ0) is 15.0. The van der Waals surface area contributed by atoms with Gasteiger partial charge in [-0.2, -0.15) is 0 Å². The number of sulfonamides is 1. The molecule has 0 amide bonds. The molecule has 1 aliphatic carbocycles. The first-order chi connectivity index (χ1) is 9.97. The molecule has 0 spiro atoms. The number of hydrogen-bond acceptors (Lipinski definition) is 4. The SMILES string of the molecule is Cc1nc(-c2ccccc2Cl)sc1CNS(=O)(=O)C1CC1. The number of aromatic nitrogens is 1. The van der Waals surface area contributed by atoms with Gasteiger partial charge < -0.3 is 0 Å². The van der Waals surface area contributed by atoms with E-state index in [0.717, 1.165) is 34.0 Å². The molecule has 2 aromatic rings. The van der Waals surface area contributed by atoms with Crippen molar-refractivity contribution >= 4 is 33.0 Å². The molecular formula is C14H15ClN2O2S2. The smallest absolute Gasteiger partial charge is 0.214 e. The van der Waals surface area contributed by atoms with Crippen LogP contribution in [0.2, 0.25) is 5.02 Å². The number of nitrogens with zero attached hydrogens (tertiary/aromatic N) is 1. The van der Waals surface area contributed by atoms with Gasteiger partial charge in [-0.25, -0.2) is 18.1 Å². The predicted octanol–water partition coefficient (Wildman–Crippen LogP) is 3.35. The minimum atomic E-state index is -3.16. The van der Waals surface area contributed by atoms with E-state index in [1.807, 2.05) is 31.2 Å². The molecule has 0 atom stereocenters. The van der Waals surface area contributed by atoms with Gasteiger partial charge >= 0.3 is 0 Å². The lowest BCUT2D eigenvalue weighted by Gasteiger charge is -2.03. The molecule has 3 rings (SSSR count). The van der Waals surface area contributed by atoms with Crippen molar-refractivity contribution < 1.29 is 8.42 Å². The Bertz CT molecular complexity index is 767. The summed E-state index contributed by atoms with van der Waals surface area (Å²) in [6.07, 6.45) is 1.53. The van der Waals surface area contributed by atoms with Gasteiger partial charge in [0.05, 0.1) is 16.0 Å². The van der Waals surface area contributed by atoms with Crippen molar-refractivity contribution in [3.63, 3.8) is 0 Å². The van der Waals surface area contributed by atoms with Gasteiger partial charge in [0, 0.05) is 17.0 Å². The molecular weight excluding hydrogens is 328 g/mol. The highest BCUT2D eigenvalue weighted by molar-refractivity contribution is 7.90. The van der Waals surface area contributed by atoms with Crippen LogP contribution in [0, 0.1) is 6.92 Å². The van der Waals surface area contributed by atoms with Gasteiger partial charge in [-0.15, -0.1) is 11.3 Å². The summed E-state index contributed by atoms with van der Waals surface area (Å²) in [6, 6.07) is 7.52. The van der Waals surface area contributed by atoms with Gasteiger partial charge in [0.2, 0.25) is 10.0 Å². The van der Waals surface area contributed by atoms with E-state index in [4.69, 9.17) is 11.6 Å². The molecule has 1 aromatic carbocycles. The second-order valence-electron chi connectivity index (χ2n) is 5.07. The molecule has 0 unspecified atom stereocenters. The van der Waals surface area contributed by atoms with E-state index in [1.54, 1.807) is 0 Å².